The zero-order valence-electron chi connectivity index (χ0n) is 22.5. The van der Waals surface area contributed by atoms with Crippen molar-refractivity contribution in [2.45, 2.75) is 38.8 Å². The smallest absolute Gasteiger partial charge is 0.328 e. The van der Waals surface area contributed by atoms with Crippen LogP contribution in [0.15, 0.2) is 53.5 Å². The maximum absolute atomic E-state index is 16.2. The van der Waals surface area contributed by atoms with Gasteiger partial charge in [0.2, 0.25) is 18.1 Å². The number of carbonyl (C=O) groups excluding carboxylic acids is 2. The molecule has 2 saturated heterocycles. The van der Waals surface area contributed by atoms with Gasteiger partial charge in [0.25, 0.3) is 0 Å². The summed E-state index contributed by atoms with van der Waals surface area (Å²) >= 11 is 6.49. The molecule has 0 aliphatic carbocycles. The van der Waals surface area contributed by atoms with Gasteiger partial charge in [0.15, 0.2) is 0 Å². The van der Waals surface area contributed by atoms with Crippen LogP contribution in [-0.4, -0.2) is 56.7 Å². The average molecular weight is 579 g/mol. The minimum absolute atomic E-state index is 0.145. The number of fused-ring (bicyclic) bond motifs is 1. The lowest BCUT2D eigenvalue weighted by atomic mass is 9.66. The van der Waals surface area contributed by atoms with Crippen molar-refractivity contribution in [1.82, 2.24) is 25.3 Å². The summed E-state index contributed by atoms with van der Waals surface area (Å²) in [5.74, 6) is -0.508. The molecule has 1 atom stereocenters. The molecule has 2 aromatic heterocycles. The number of aromatic nitrogens is 3. The molecule has 0 spiro atoms. The first kappa shape index (κ1) is 27.3. The predicted octanol–water partition coefficient (Wildman–Crippen LogP) is 4.64. The average Bonchev–Trinajstić information content (AvgIpc) is 3.46. The summed E-state index contributed by atoms with van der Waals surface area (Å²) < 4.78 is 21.0. The van der Waals surface area contributed by atoms with Crippen LogP contribution in [-0.2, 0) is 16.9 Å². The highest BCUT2D eigenvalue weighted by Gasteiger charge is 2.50. The van der Waals surface area contributed by atoms with Crippen LogP contribution in [0.2, 0.25) is 5.02 Å². The van der Waals surface area contributed by atoms with Crippen LogP contribution in [0.3, 0.4) is 0 Å². The van der Waals surface area contributed by atoms with E-state index in [1.807, 2.05) is 32.0 Å². The lowest BCUT2D eigenvalue weighted by Crippen LogP contribution is -2.55. The fraction of sp³-hybridized carbons (Fsp3) is 0.345. The Labute approximate surface area is 240 Å². The lowest BCUT2D eigenvalue weighted by Gasteiger charge is -2.50. The van der Waals surface area contributed by atoms with Crippen LogP contribution < -0.4 is 10.2 Å². The van der Waals surface area contributed by atoms with Gasteiger partial charge >= 0.3 is 6.03 Å². The van der Waals surface area contributed by atoms with Crippen LogP contribution >= 0.6 is 11.6 Å². The number of rotatable bonds is 5. The molecule has 0 saturated carbocycles. The minimum Gasteiger partial charge on any atom is -0.384 e. The van der Waals surface area contributed by atoms with Crippen LogP contribution in [0, 0.1) is 11.2 Å². The van der Waals surface area contributed by atoms with E-state index in [-0.39, 0.29) is 29.8 Å². The Morgan fingerprint density at radius 2 is 1.98 bits per heavy atom. The maximum atomic E-state index is 16.2. The van der Waals surface area contributed by atoms with E-state index in [1.165, 1.54) is 17.5 Å². The standard InChI is InChI=1S/C29H28ClFN6O4/c1-28(2)15-36(14-17-3-4-19(22(30)11-17)26-33-16-41-35-26)10-8-29(28,40)21-5-6-23-20(25(21)31)12-18(13-32-23)37-9-7-24(38)34-27(37)39/h3-6,11-13,16,40H,7-10,14-15H2,1-2H3,(H,34,38,39)/t29-/m0/s1. The first-order valence-electron chi connectivity index (χ1n) is 13.3. The molecule has 2 N–H and O–H groups in total. The molecule has 41 heavy (non-hydrogen) atoms. The van der Waals surface area contributed by atoms with Gasteiger partial charge in [-0.15, -0.1) is 0 Å². The van der Waals surface area contributed by atoms with Crippen LogP contribution in [0.1, 0.15) is 37.8 Å². The molecule has 2 fully saturated rings. The van der Waals surface area contributed by atoms with Crippen molar-refractivity contribution >= 4 is 40.1 Å². The Bertz CT molecular complexity index is 1660. The van der Waals surface area contributed by atoms with Crippen molar-refractivity contribution in [3.05, 3.63) is 71.0 Å². The molecular formula is C29H28ClFN6O4. The highest BCUT2D eigenvalue weighted by atomic mass is 35.5. The van der Waals surface area contributed by atoms with Gasteiger partial charge in [-0.05, 0) is 36.2 Å². The Hall–Kier alpha value is -3.93. The zero-order valence-corrected chi connectivity index (χ0v) is 23.3. The predicted molar refractivity (Wildman–Crippen MR) is 150 cm³/mol. The molecule has 2 aliphatic heterocycles. The van der Waals surface area contributed by atoms with Crippen LogP contribution in [0.5, 0.6) is 0 Å². The molecule has 2 aromatic carbocycles. The van der Waals surface area contributed by atoms with Gasteiger partial charge < -0.3 is 9.63 Å². The number of imide groups is 1. The number of piperidine rings is 1. The van der Waals surface area contributed by atoms with Gasteiger partial charge in [-0.25, -0.2) is 9.18 Å². The topological polar surface area (TPSA) is 125 Å². The van der Waals surface area contributed by atoms with Gasteiger partial charge in [-0.1, -0.05) is 42.7 Å². The number of carbonyl (C=O) groups is 2. The number of halogens is 2. The number of hydrogen-bond acceptors (Lipinski definition) is 8. The number of anilines is 1. The number of hydrogen-bond donors (Lipinski definition) is 2. The van der Waals surface area contributed by atoms with E-state index in [2.05, 4.69) is 25.3 Å². The molecule has 10 nitrogen and oxygen atoms in total. The number of urea groups is 1. The summed E-state index contributed by atoms with van der Waals surface area (Å²) in [6.07, 6.45) is 3.18. The van der Waals surface area contributed by atoms with Crippen molar-refractivity contribution in [3.63, 3.8) is 0 Å². The molecule has 6 rings (SSSR count). The van der Waals surface area contributed by atoms with Crippen molar-refractivity contribution in [3.8, 4) is 11.4 Å². The Morgan fingerprint density at radius 3 is 2.68 bits per heavy atom. The second kappa shape index (κ2) is 10.2. The van der Waals surface area contributed by atoms with Gasteiger partial charge in [-0.3, -0.25) is 24.9 Å². The van der Waals surface area contributed by atoms with Crippen molar-refractivity contribution in [1.29, 1.82) is 0 Å². The summed E-state index contributed by atoms with van der Waals surface area (Å²) in [5.41, 5.74) is 0.476. The second-order valence-electron chi connectivity index (χ2n) is 11.2. The number of amides is 3. The third kappa shape index (κ3) is 4.83. The van der Waals surface area contributed by atoms with Gasteiger partial charge in [0, 0.05) is 54.5 Å². The number of aliphatic hydroxyl groups is 1. The summed E-state index contributed by atoms with van der Waals surface area (Å²) in [4.78, 5) is 35.9. The molecule has 3 amide bonds. The molecular weight excluding hydrogens is 551 g/mol. The quantitative estimate of drug-likeness (QED) is 0.351. The molecule has 12 heteroatoms. The van der Waals surface area contributed by atoms with Crippen molar-refractivity contribution in [2.24, 2.45) is 5.41 Å². The van der Waals surface area contributed by atoms with Crippen LogP contribution in [0.25, 0.3) is 22.3 Å². The van der Waals surface area contributed by atoms with E-state index in [0.29, 0.717) is 53.7 Å². The van der Waals surface area contributed by atoms with Crippen LogP contribution in [0.4, 0.5) is 14.9 Å². The summed E-state index contributed by atoms with van der Waals surface area (Å²) in [6, 6.07) is 9.94. The fourth-order valence-electron chi connectivity index (χ4n) is 5.88. The highest BCUT2D eigenvalue weighted by Crippen LogP contribution is 2.48. The van der Waals surface area contributed by atoms with Gasteiger partial charge in [0.1, 0.15) is 5.82 Å². The normalized spacial score (nSPS) is 21.3. The van der Waals surface area contributed by atoms with Gasteiger partial charge in [-0.2, -0.15) is 4.98 Å². The third-order valence-electron chi connectivity index (χ3n) is 8.17. The Kier molecular flexibility index (Phi) is 6.75. The van der Waals surface area contributed by atoms with E-state index in [0.717, 1.165) is 5.56 Å². The first-order valence-corrected chi connectivity index (χ1v) is 13.6. The molecule has 0 bridgehead atoms. The summed E-state index contributed by atoms with van der Waals surface area (Å²) in [7, 11) is 0. The van der Waals surface area contributed by atoms with E-state index in [9.17, 15) is 14.7 Å². The molecule has 2 aliphatic rings. The molecule has 4 aromatic rings. The number of nitrogens with one attached hydrogen (secondary N) is 1. The van der Waals surface area contributed by atoms with Gasteiger partial charge in [0.05, 0.1) is 28.0 Å². The number of likely N-dealkylation sites (tertiary alicyclic amines) is 1. The Balaban J connectivity index is 1.24. The zero-order chi connectivity index (χ0) is 28.9. The molecule has 0 radical (unpaired) electrons. The number of pyridine rings is 1. The highest BCUT2D eigenvalue weighted by molar-refractivity contribution is 6.33. The molecule has 0 unspecified atom stereocenters. The van der Waals surface area contributed by atoms with E-state index in [1.54, 1.807) is 18.2 Å². The van der Waals surface area contributed by atoms with E-state index >= 15 is 4.39 Å². The summed E-state index contributed by atoms with van der Waals surface area (Å²) in [5, 5.41) is 18.8. The Morgan fingerprint density at radius 1 is 1.15 bits per heavy atom. The van der Waals surface area contributed by atoms with Crippen molar-refractivity contribution in [2.75, 3.05) is 24.5 Å². The third-order valence-corrected chi connectivity index (χ3v) is 8.48. The fourth-order valence-corrected chi connectivity index (χ4v) is 6.17. The number of benzene rings is 2. The van der Waals surface area contributed by atoms with E-state index in [4.69, 9.17) is 16.1 Å². The second-order valence-corrected chi connectivity index (χ2v) is 11.6. The SMILES string of the molecule is CC1(C)CN(Cc2ccc(-c3ncon3)c(Cl)c2)CC[C@]1(O)c1ccc2ncc(N3CCC(=O)NC3=O)cc2c1F. The van der Waals surface area contributed by atoms with Crippen molar-refractivity contribution < 1.29 is 23.6 Å². The largest absolute Gasteiger partial charge is 0.384 e. The lowest BCUT2D eigenvalue weighted by molar-refractivity contribution is -0.128. The monoisotopic (exact) mass is 578 g/mol. The minimum atomic E-state index is -1.45. The maximum Gasteiger partial charge on any atom is 0.328 e. The number of nitrogens with zero attached hydrogens (tertiary/aromatic N) is 5. The molecule has 4 heterocycles. The summed E-state index contributed by atoms with van der Waals surface area (Å²) in [6.45, 7) is 5.67. The first-order chi connectivity index (χ1) is 19.6. The van der Waals surface area contributed by atoms with E-state index < -0.39 is 22.9 Å². The molecule has 212 valence electrons.